The molecule has 1 unspecified atom stereocenters. The Hall–Kier alpha value is -2.17. The second kappa shape index (κ2) is 7.38. The average Bonchev–Trinajstić information content (AvgIpc) is 3.15. The summed E-state index contributed by atoms with van der Waals surface area (Å²) in [5.74, 6) is 2.72. The van der Waals surface area contributed by atoms with E-state index >= 15 is 0 Å². The lowest BCUT2D eigenvalue weighted by Crippen LogP contribution is -2.29. The molecule has 2 heterocycles. The van der Waals surface area contributed by atoms with Gasteiger partial charge in [-0.05, 0) is 43.1 Å². The summed E-state index contributed by atoms with van der Waals surface area (Å²) in [4.78, 5) is 14.5. The molecule has 2 aliphatic rings. The van der Waals surface area contributed by atoms with E-state index in [-0.39, 0.29) is 5.91 Å². The number of benzene rings is 1. The first-order chi connectivity index (χ1) is 12.3. The van der Waals surface area contributed by atoms with Crippen LogP contribution in [-0.4, -0.2) is 38.7 Å². The summed E-state index contributed by atoms with van der Waals surface area (Å²) in [5.41, 5.74) is 1.24. The maximum Gasteiger partial charge on any atom is 0.222 e. The molecule has 2 aromatic rings. The van der Waals surface area contributed by atoms with Crippen LogP contribution in [-0.2, 0) is 24.2 Å². The van der Waals surface area contributed by atoms with Gasteiger partial charge in [-0.15, -0.1) is 10.2 Å². The summed E-state index contributed by atoms with van der Waals surface area (Å²) in [7, 11) is 0. The van der Waals surface area contributed by atoms with Gasteiger partial charge in [0.1, 0.15) is 12.2 Å². The molecule has 1 aromatic heterocycles. The Morgan fingerprint density at radius 1 is 1.12 bits per heavy atom. The Bertz CT molecular complexity index is 707. The summed E-state index contributed by atoms with van der Waals surface area (Å²) in [6.07, 6.45) is 7.99. The van der Waals surface area contributed by atoms with Crippen molar-refractivity contribution in [1.29, 1.82) is 0 Å². The summed E-state index contributed by atoms with van der Waals surface area (Å²) < 4.78 is 2.22. The normalized spacial score (nSPS) is 20.2. The number of hydrogen-bond acceptors (Lipinski definition) is 3. The van der Waals surface area contributed by atoms with Crippen LogP contribution in [0.1, 0.15) is 37.1 Å². The van der Waals surface area contributed by atoms with Gasteiger partial charge < -0.3 is 9.47 Å². The zero-order chi connectivity index (χ0) is 17.1. The lowest BCUT2D eigenvalue weighted by Gasteiger charge is -2.16. The number of nitrogens with zero attached hydrogens (tertiary/aromatic N) is 4. The standard InChI is InChI=1S/C20H26N4O/c25-20(9-8-16-4-2-1-3-5-16)23-11-10-18(14-23)12-19-22-21-15-24(19)13-17-6-7-17/h1-5,15,17-18H,6-14H2. The van der Waals surface area contributed by atoms with Gasteiger partial charge in [0.2, 0.25) is 5.91 Å². The number of carbonyl (C=O) groups excluding carboxylic acids is 1. The molecule has 25 heavy (non-hydrogen) atoms. The Morgan fingerprint density at radius 2 is 1.96 bits per heavy atom. The zero-order valence-corrected chi connectivity index (χ0v) is 14.7. The zero-order valence-electron chi connectivity index (χ0n) is 14.7. The Morgan fingerprint density at radius 3 is 2.76 bits per heavy atom. The molecule has 132 valence electrons. The molecule has 1 saturated carbocycles. The van der Waals surface area contributed by atoms with Crippen molar-refractivity contribution in [2.24, 2.45) is 11.8 Å². The number of aromatic nitrogens is 3. The van der Waals surface area contributed by atoms with Gasteiger partial charge in [0, 0.05) is 32.5 Å². The highest BCUT2D eigenvalue weighted by Gasteiger charge is 2.28. The van der Waals surface area contributed by atoms with Crippen LogP contribution in [0.5, 0.6) is 0 Å². The van der Waals surface area contributed by atoms with E-state index in [1.54, 1.807) is 0 Å². The molecule has 0 N–H and O–H groups in total. The third kappa shape index (κ3) is 4.27. The minimum absolute atomic E-state index is 0.283. The van der Waals surface area contributed by atoms with Crippen LogP contribution >= 0.6 is 0 Å². The summed E-state index contributed by atoms with van der Waals surface area (Å²) in [6.45, 7) is 2.81. The van der Waals surface area contributed by atoms with E-state index in [0.29, 0.717) is 12.3 Å². The summed E-state index contributed by atoms with van der Waals surface area (Å²) in [5, 5.41) is 8.41. The number of aryl methyl sites for hydroxylation is 1. The second-order valence-corrected chi connectivity index (χ2v) is 7.53. The monoisotopic (exact) mass is 338 g/mol. The van der Waals surface area contributed by atoms with E-state index in [2.05, 4.69) is 26.9 Å². The first kappa shape index (κ1) is 16.3. The van der Waals surface area contributed by atoms with Crippen LogP contribution < -0.4 is 0 Å². The van der Waals surface area contributed by atoms with Crippen molar-refractivity contribution < 1.29 is 4.79 Å². The quantitative estimate of drug-likeness (QED) is 0.780. The third-order valence-electron chi connectivity index (χ3n) is 5.43. The van der Waals surface area contributed by atoms with Crippen LogP contribution in [0.4, 0.5) is 0 Å². The fourth-order valence-corrected chi connectivity index (χ4v) is 3.71. The van der Waals surface area contributed by atoms with Crippen LogP contribution in [0.3, 0.4) is 0 Å². The van der Waals surface area contributed by atoms with E-state index in [1.165, 1.54) is 18.4 Å². The van der Waals surface area contributed by atoms with E-state index in [9.17, 15) is 4.79 Å². The number of rotatable bonds is 7. The van der Waals surface area contributed by atoms with Crippen LogP contribution in [0, 0.1) is 11.8 Å². The number of carbonyl (C=O) groups is 1. The van der Waals surface area contributed by atoms with Gasteiger partial charge in [-0.25, -0.2) is 0 Å². The van der Waals surface area contributed by atoms with E-state index in [0.717, 1.165) is 50.6 Å². The van der Waals surface area contributed by atoms with Crippen molar-refractivity contribution in [3.63, 3.8) is 0 Å². The number of hydrogen-bond donors (Lipinski definition) is 0. The van der Waals surface area contributed by atoms with E-state index in [4.69, 9.17) is 0 Å². The number of amides is 1. The van der Waals surface area contributed by atoms with Gasteiger partial charge in [0.25, 0.3) is 0 Å². The van der Waals surface area contributed by atoms with Crippen LogP contribution in [0.25, 0.3) is 0 Å². The molecule has 5 nitrogen and oxygen atoms in total. The maximum atomic E-state index is 12.5. The molecule has 1 saturated heterocycles. The summed E-state index contributed by atoms with van der Waals surface area (Å²) in [6, 6.07) is 10.3. The predicted molar refractivity (Wildman–Crippen MR) is 95.9 cm³/mol. The van der Waals surface area contributed by atoms with Crippen molar-refractivity contribution in [2.45, 2.75) is 45.1 Å². The fraction of sp³-hybridized carbons (Fsp3) is 0.550. The average molecular weight is 338 g/mol. The van der Waals surface area contributed by atoms with Gasteiger partial charge in [0.05, 0.1) is 0 Å². The van der Waals surface area contributed by atoms with Crippen molar-refractivity contribution >= 4 is 5.91 Å². The van der Waals surface area contributed by atoms with E-state index < -0.39 is 0 Å². The largest absolute Gasteiger partial charge is 0.342 e. The van der Waals surface area contributed by atoms with Gasteiger partial charge in [-0.2, -0.15) is 0 Å². The highest BCUT2D eigenvalue weighted by atomic mass is 16.2. The van der Waals surface area contributed by atoms with Crippen molar-refractivity contribution in [3.8, 4) is 0 Å². The minimum atomic E-state index is 0.283. The second-order valence-electron chi connectivity index (χ2n) is 7.53. The molecule has 1 amide bonds. The first-order valence-electron chi connectivity index (χ1n) is 9.46. The molecular weight excluding hydrogens is 312 g/mol. The molecule has 1 atom stereocenters. The molecule has 4 rings (SSSR count). The SMILES string of the molecule is O=C(CCc1ccccc1)N1CCC(Cc2nncn2CC2CC2)C1. The predicted octanol–water partition coefficient (Wildman–Crippen LogP) is 2.71. The molecule has 1 aliphatic carbocycles. The highest BCUT2D eigenvalue weighted by Crippen LogP contribution is 2.31. The van der Waals surface area contributed by atoms with Gasteiger partial charge in [-0.1, -0.05) is 30.3 Å². The third-order valence-corrected chi connectivity index (χ3v) is 5.43. The Kier molecular flexibility index (Phi) is 4.81. The molecule has 2 fully saturated rings. The minimum Gasteiger partial charge on any atom is -0.342 e. The van der Waals surface area contributed by atoms with Gasteiger partial charge >= 0.3 is 0 Å². The molecule has 5 heteroatoms. The van der Waals surface area contributed by atoms with Gasteiger partial charge in [-0.3, -0.25) is 4.79 Å². The van der Waals surface area contributed by atoms with Gasteiger partial charge in [0.15, 0.2) is 0 Å². The van der Waals surface area contributed by atoms with Crippen LogP contribution in [0.15, 0.2) is 36.7 Å². The Balaban J connectivity index is 1.26. The fourth-order valence-electron chi connectivity index (χ4n) is 3.71. The lowest BCUT2D eigenvalue weighted by molar-refractivity contribution is -0.130. The van der Waals surface area contributed by atoms with E-state index in [1.807, 2.05) is 29.4 Å². The van der Waals surface area contributed by atoms with Crippen molar-refractivity contribution in [3.05, 3.63) is 48.0 Å². The molecular formula is C20H26N4O. The molecule has 0 spiro atoms. The smallest absolute Gasteiger partial charge is 0.222 e. The van der Waals surface area contributed by atoms with Crippen molar-refractivity contribution in [2.75, 3.05) is 13.1 Å². The first-order valence-corrected chi connectivity index (χ1v) is 9.46. The van der Waals surface area contributed by atoms with Crippen LogP contribution in [0.2, 0.25) is 0 Å². The topological polar surface area (TPSA) is 51.0 Å². The molecule has 0 bridgehead atoms. The highest BCUT2D eigenvalue weighted by molar-refractivity contribution is 5.76. The number of likely N-dealkylation sites (tertiary alicyclic amines) is 1. The maximum absolute atomic E-state index is 12.5. The molecule has 1 aliphatic heterocycles. The van der Waals surface area contributed by atoms with Crippen molar-refractivity contribution in [1.82, 2.24) is 19.7 Å². The summed E-state index contributed by atoms with van der Waals surface area (Å²) >= 11 is 0. The molecule has 1 aromatic carbocycles. The molecule has 0 radical (unpaired) electrons. The lowest BCUT2D eigenvalue weighted by atomic mass is 10.0. The Labute approximate surface area is 149 Å².